The zero-order chi connectivity index (χ0) is 18.7. The maximum atomic E-state index is 9.57. The summed E-state index contributed by atoms with van der Waals surface area (Å²) in [7, 11) is -0.341. The van der Waals surface area contributed by atoms with E-state index in [9.17, 15) is 5.02 Å². The monoisotopic (exact) mass is 360 g/mol. The molecule has 0 unspecified atom stereocenters. The molecule has 0 amide bonds. The molecule has 28 heavy (non-hydrogen) atoms. The molecular weight excluding hydrogens is 343 g/mol. The van der Waals surface area contributed by atoms with Gasteiger partial charge in [0.25, 0.3) is 0 Å². The molecule has 6 rings (SSSR count). The van der Waals surface area contributed by atoms with Crippen molar-refractivity contribution >= 4 is 7.69 Å². The standard InChI is InChI=1S/C25H17BO2/c27-26-28-23-15-7-11-19-18-10-3-6-14-22(18)25(24(19)23)20-12-4-1-8-16(20)17-9-2-5-13-21(17)25/h1-15,26-27H. The van der Waals surface area contributed by atoms with Crippen LogP contribution in [-0.4, -0.2) is 12.7 Å². The lowest BCUT2D eigenvalue weighted by atomic mass is 9.70. The van der Waals surface area contributed by atoms with Crippen LogP contribution in [0.5, 0.6) is 5.75 Å². The lowest BCUT2D eigenvalue weighted by Crippen LogP contribution is -2.26. The number of hydrogen-bond acceptors (Lipinski definition) is 2. The van der Waals surface area contributed by atoms with E-state index < -0.39 is 5.41 Å². The molecule has 2 aliphatic carbocycles. The Bertz CT molecular complexity index is 1180. The van der Waals surface area contributed by atoms with Crippen LogP contribution in [0.1, 0.15) is 22.3 Å². The highest BCUT2D eigenvalue weighted by molar-refractivity contribution is 6.17. The highest BCUT2D eigenvalue weighted by Crippen LogP contribution is 2.64. The summed E-state index contributed by atoms with van der Waals surface area (Å²) < 4.78 is 5.75. The largest absolute Gasteiger partial charge is 0.539 e. The maximum Gasteiger partial charge on any atom is 0.504 e. The van der Waals surface area contributed by atoms with Gasteiger partial charge in [0.2, 0.25) is 0 Å². The van der Waals surface area contributed by atoms with Gasteiger partial charge in [0.05, 0.1) is 5.41 Å². The van der Waals surface area contributed by atoms with E-state index in [1.807, 2.05) is 12.1 Å². The Kier molecular flexibility index (Phi) is 3.15. The molecule has 0 fully saturated rings. The van der Waals surface area contributed by atoms with Gasteiger partial charge in [-0.05, 0) is 45.0 Å². The van der Waals surface area contributed by atoms with Crippen molar-refractivity contribution in [1.29, 1.82) is 0 Å². The molecule has 4 aromatic rings. The lowest BCUT2D eigenvalue weighted by Gasteiger charge is -2.31. The molecule has 3 heteroatoms. The zero-order valence-electron chi connectivity index (χ0n) is 15.2. The Balaban J connectivity index is 1.85. The third kappa shape index (κ3) is 1.73. The SMILES string of the molecule is OBOc1cccc2c1C1(c3ccccc3-c3ccccc31)c1ccccc1-2. The average Bonchev–Trinajstić information content (AvgIpc) is 3.22. The Labute approximate surface area is 164 Å². The Morgan fingerprint density at radius 2 is 1.04 bits per heavy atom. The maximum absolute atomic E-state index is 9.57. The molecule has 0 aliphatic heterocycles. The van der Waals surface area contributed by atoms with Crippen LogP contribution in [0.25, 0.3) is 22.3 Å². The van der Waals surface area contributed by atoms with Crippen molar-refractivity contribution in [3.05, 3.63) is 113 Å². The van der Waals surface area contributed by atoms with Gasteiger partial charge in [0.15, 0.2) is 0 Å². The topological polar surface area (TPSA) is 29.5 Å². The summed E-state index contributed by atoms with van der Waals surface area (Å²) in [6.07, 6.45) is 0. The zero-order valence-corrected chi connectivity index (χ0v) is 15.2. The van der Waals surface area contributed by atoms with Crippen LogP contribution < -0.4 is 4.65 Å². The van der Waals surface area contributed by atoms with Gasteiger partial charge in [-0.15, -0.1) is 0 Å². The summed E-state index contributed by atoms with van der Waals surface area (Å²) in [6.45, 7) is 0. The van der Waals surface area contributed by atoms with Gasteiger partial charge in [-0.3, -0.25) is 0 Å². The molecule has 0 radical (unpaired) electrons. The molecule has 132 valence electrons. The van der Waals surface area contributed by atoms with E-state index in [2.05, 4.69) is 78.9 Å². The van der Waals surface area contributed by atoms with E-state index in [4.69, 9.17) is 4.65 Å². The number of hydrogen-bond donors (Lipinski definition) is 1. The lowest BCUT2D eigenvalue weighted by molar-refractivity contribution is 0.448. The Hall–Kier alpha value is -3.30. The van der Waals surface area contributed by atoms with E-state index in [0.29, 0.717) is 0 Å². The van der Waals surface area contributed by atoms with Crippen molar-refractivity contribution in [3.63, 3.8) is 0 Å². The molecule has 2 nitrogen and oxygen atoms in total. The third-order valence-electron chi connectivity index (χ3n) is 6.19. The molecule has 1 N–H and O–H groups in total. The summed E-state index contributed by atoms with van der Waals surface area (Å²) in [5.74, 6) is 0.739. The van der Waals surface area contributed by atoms with Crippen LogP contribution in [0.4, 0.5) is 0 Å². The molecule has 4 aromatic carbocycles. The van der Waals surface area contributed by atoms with Crippen molar-refractivity contribution in [1.82, 2.24) is 0 Å². The molecule has 0 saturated heterocycles. The Morgan fingerprint density at radius 1 is 0.571 bits per heavy atom. The fraction of sp³-hybridized carbons (Fsp3) is 0.0400. The summed E-state index contributed by atoms with van der Waals surface area (Å²) in [5, 5.41) is 9.57. The Morgan fingerprint density at radius 3 is 1.57 bits per heavy atom. The molecule has 0 heterocycles. The quantitative estimate of drug-likeness (QED) is 0.455. The van der Waals surface area contributed by atoms with Gasteiger partial charge in [-0.25, -0.2) is 0 Å². The summed E-state index contributed by atoms with van der Waals surface area (Å²) in [5.41, 5.74) is 9.46. The van der Waals surface area contributed by atoms with Crippen molar-refractivity contribution in [2.24, 2.45) is 0 Å². The summed E-state index contributed by atoms with van der Waals surface area (Å²) in [6, 6.07) is 32.1. The van der Waals surface area contributed by atoms with Gasteiger partial charge >= 0.3 is 7.69 Å². The minimum Gasteiger partial charge on any atom is -0.539 e. The van der Waals surface area contributed by atoms with E-state index in [1.54, 1.807) is 0 Å². The van der Waals surface area contributed by atoms with Crippen LogP contribution in [0.3, 0.4) is 0 Å². The van der Waals surface area contributed by atoms with Crippen molar-refractivity contribution in [2.45, 2.75) is 5.41 Å². The van der Waals surface area contributed by atoms with Gasteiger partial charge in [-0.2, -0.15) is 0 Å². The highest BCUT2D eigenvalue weighted by Gasteiger charge is 2.52. The second-order valence-corrected chi connectivity index (χ2v) is 7.34. The second-order valence-electron chi connectivity index (χ2n) is 7.34. The van der Waals surface area contributed by atoms with E-state index >= 15 is 0 Å². The first kappa shape index (κ1) is 15.7. The summed E-state index contributed by atoms with van der Waals surface area (Å²) in [4.78, 5) is 0. The minimum absolute atomic E-state index is 0.341. The fourth-order valence-electron chi connectivity index (χ4n) is 5.31. The first-order chi connectivity index (χ1) is 13.9. The molecule has 0 aromatic heterocycles. The molecule has 0 bridgehead atoms. The van der Waals surface area contributed by atoms with Crippen molar-refractivity contribution in [3.8, 4) is 28.0 Å². The van der Waals surface area contributed by atoms with Crippen molar-refractivity contribution in [2.75, 3.05) is 0 Å². The van der Waals surface area contributed by atoms with Crippen LogP contribution >= 0.6 is 0 Å². The smallest absolute Gasteiger partial charge is 0.504 e. The normalized spacial score (nSPS) is 14.2. The predicted octanol–water partition coefficient (Wildman–Crippen LogP) is 4.67. The van der Waals surface area contributed by atoms with Crippen LogP contribution in [0.15, 0.2) is 91.0 Å². The first-order valence-corrected chi connectivity index (χ1v) is 9.54. The third-order valence-corrected chi connectivity index (χ3v) is 6.19. The molecular formula is C25H17BO2. The number of rotatable bonds is 2. The predicted molar refractivity (Wildman–Crippen MR) is 113 cm³/mol. The average molecular weight is 360 g/mol. The van der Waals surface area contributed by atoms with Crippen LogP contribution in [0.2, 0.25) is 0 Å². The molecule has 2 aliphatic rings. The molecule has 0 saturated carbocycles. The van der Waals surface area contributed by atoms with E-state index in [1.165, 1.54) is 38.9 Å². The van der Waals surface area contributed by atoms with Gasteiger partial charge < -0.3 is 9.68 Å². The highest BCUT2D eigenvalue weighted by atomic mass is 16.5. The number of benzene rings is 4. The van der Waals surface area contributed by atoms with Gasteiger partial charge in [0.1, 0.15) is 5.75 Å². The van der Waals surface area contributed by atoms with Gasteiger partial charge in [0, 0.05) is 5.56 Å². The molecule has 1 spiro atoms. The summed E-state index contributed by atoms with van der Waals surface area (Å²) >= 11 is 0. The number of fused-ring (bicyclic) bond motifs is 10. The molecule has 0 atom stereocenters. The fourth-order valence-corrected chi connectivity index (χ4v) is 5.31. The second kappa shape index (κ2) is 5.60. The van der Waals surface area contributed by atoms with E-state index in [-0.39, 0.29) is 7.69 Å². The van der Waals surface area contributed by atoms with Gasteiger partial charge in [-0.1, -0.05) is 84.9 Å². The van der Waals surface area contributed by atoms with Crippen molar-refractivity contribution < 1.29 is 9.68 Å². The minimum atomic E-state index is -0.426. The van der Waals surface area contributed by atoms with E-state index in [0.717, 1.165) is 11.3 Å². The van der Waals surface area contributed by atoms with Crippen LogP contribution in [0, 0.1) is 0 Å². The first-order valence-electron chi connectivity index (χ1n) is 9.54. The van der Waals surface area contributed by atoms with Crippen LogP contribution in [-0.2, 0) is 5.41 Å².